The molecule has 33 heavy (non-hydrogen) atoms. The van der Waals surface area contributed by atoms with Gasteiger partial charge in [-0.05, 0) is 58.6 Å². The lowest BCUT2D eigenvalue weighted by Gasteiger charge is -2.33. The number of aromatic nitrogens is 2. The zero-order valence-corrected chi connectivity index (χ0v) is 20.5. The van der Waals surface area contributed by atoms with Gasteiger partial charge in [0.05, 0.1) is 16.4 Å². The number of likely N-dealkylation sites (tertiary alicyclic amines) is 1. The van der Waals surface area contributed by atoms with Crippen molar-refractivity contribution < 1.29 is 18.7 Å². The number of ether oxygens (including phenoxy) is 1. The summed E-state index contributed by atoms with van der Waals surface area (Å²) >= 11 is 7.42. The van der Waals surface area contributed by atoms with Crippen LogP contribution in [0.5, 0.6) is 0 Å². The summed E-state index contributed by atoms with van der Waals surface area (Å²) in [5.74, 6) is -0.987. The monoisotopic (exact) mass is 492 g/mol. The summed E-state index contributed by atoms with van der Waals surface area (Å²) in [5.41, 5.74) is 1.30. The molecule has 1 aliphatic heterocycles. The minimum atomic E-state index is -0.548. The van der Waals surface area contributed by atoms with Gasteiger partial charge in [-0.1, -0.05) is 11.6 Å². The fourth-order valence-corrected chi connectivity index (χ4v) is 5.21. The third-order valence-electron chi connectivity index (χ3n) is 5.35. The number of aryl methyl sites for hydroxylation is 1. The van der Waals surface area contributed by atoms with Gasteiger partial charge in [0.25, 0.3) is 5.91 Å². The molecule has 0 aromatic carbocycles. The molecule has 7 nitrogen and oxygen atoms in total. The first-order chi connectivity index (χ1) is 15.5. The fourth-order valence-electron chi connectivity index (χ4n) is 3.85. The molecule has 1 fully saturated rings. The highest BCUT2D eigenvalue weighted by atomic mass is 35.5. The number of hydrogen-bond acceptors (Lipinski definition) is 5. The Bertz CT molecular complexity index is 1210. The number of fused-ring (bicyclic) bond motifs is 1. The molecule has 0 atom stereocenters. The van der Waals surface area contributed by atoms with Crippen LogP contribution in [0.3, 0.4) is 0 Å². The van der Waals surface area contributed by atoms with Gasteiger partial charge in [-0.2, -0.15) is 0 Å². The summed E-state index contributed by atoms with van der Waals surface area (Å²) in [6.45, 7) is 8.42. The fraction of sp³-hybridized carbons (Fsp3) is 0.435. The molecule has 4 heterocycles. The van der Waals surface area contributed by atoms with E-state index in [1.54, 1.807) is 27.8 Å². The predicted octanol–water partition coefficient (Wildman–Crippen LogP) is 5.86. The van der Waals surface area contributed by atoms with E-state index in [1.807, 2.05) is 27.7 Å². The summed E-state index contributed by atoms with van der Waals surface area (Å²) in [4.78, 5) is 31.9. The molecule has 1 aliphatic rings. The van der Waals surface area contributed by atoms with Crippen LogP contribution in [0, 0.1) is 12.7 Å². The van der Waals surface area contributed by atoms with Crippen LogP contribution in [0.1, 0.15) is 59.8 Å². The minimum absolute atomic E-state index is 0.0256. The van der Waals surface area contributed by atoms with Crippen molar-refractivity contribution in [3.8, 4) is 0 Å². The zero-order valence-electron chi connectivity index (χ0n) is 18.9. The van der Waals surface area contributed by atoms with Crippen molar-refractivity contribution in [1.82, 2.24) is 14.3 Å². The third-order valence-corrected chi connectivity index (χ3v) is 6.90. The minimum Gasteiger partial charge on any atom is -0.444 e. The van der Waals surface area contributed by atoms with Gasteiger partial charge >= 0.3 is 6.09 Å². The summed E-state index contributed by atoms with van der Waals surface area (Å²) in [6, 6.07) is 3.03. The van der Waals surface area contributed by atoms with Crippen LogP contribution < -0.4 is 5.32 Å². The molecule has 176 valence electrons. The Morgan fingerprint density at radius 1 is 1.24 bits per heavy atom. The highest BCUT2D eigenvalue weighted by Gasteiger charge is 2.29. The van der Waals surface area contributed by atoms with E-state index in [-0.39, 0.29) is 16.9 Å². The maximum absolute atomic E-state index is 14.7. The van der Waals surface area contributed by atoms with Gasteiger partial charge in [-0.25, -0.2) is 14.2 Å². The van der Waals surface area contributed by atoms with Crippen LogP contribution >= 0.6 is 22.9 Å². The highest BCUT2D eigenvalue weighted by Crippen LogP contribution is 2.35. The van der Waals surface area contributed by atoms with Gasteiger partial charge in [-0.15, -0.1) is 11.3 Å². The van der Waals surface area contributed by atoms with E-state index >= 15 is 0 Å². The average Bonchev–Trinajstić information content (AvgIpc) is 3.29. The molecule has 3 aromatic heterocycles. The van der Waals surface area contributed by atoms with Gasteiger partial charge in [0, 0.05) is 30.4 Å². The van der Waals surface area contributed by atoms with Gasteiger partial charge in [0.1, 0.15) is 16.3 Å². The van der Waals surface area contributed by atoms with Crippen LogP contribution in [0.4, 0.5) is 14.9 Å². The molecule has 4 rings (SSSR count). The van der Waals surface area contributed by atoms with E-state index < -0.39 is 17.3 Å². The molecule has 0 bridgehead atoms. The van der Waals surface area contributed by atoms with Crippen LogP contribution in [-0.4, -0.2) is 45.0 Å². The van der Waals surface area contributed by atoms with E-state index in [0.29, 0.717) is 42.3 Å². The summed E-state index contributed by atoms with van der Waals surface area (Å²) in [7, 11) is 0. The van der Waals surface area contributed by atoms with E-state index in [4.69, 9.17) is 16.3 Å². The molecule has 0 spiro atoms. The molecule has 0 aliphatic carbocycles. The normalized spacial score (nSPS) is 15.2. The molecular weight excluding hydrogens is 467 g/mol. The van der Waals surface area contributed by atoms with E-state index in [1.165, 1.54) is 6.07 Å². The number of hydrogen-bond donors (Lipinski definition) is 1. The molecule has 0 unspecified atom stereocenters. The number of pyridine rings is 1. The Kier molecular flexibility index (Phi) is 6.37. The van der Waals surface area contributed by atoms with E-state index in [0.717, 1.165) is 21.9 Å². The molecule has 0 radical (unpaired) electrons. The number of imidazole rings is 1. The second kappa shape index (κ2) is 8.95. The maximum Gasteiger partial charge on any atom is 0.410 e. The van der Waals surface area contributed by atoms with Crippen molar-refractivity contribution in [3.63, 3.8) is 0 Å². The Morgan fingerprint density at radius 2 is 1.94 bits per heavy atom. The van der Waals surface area contributed by atoms with Crippen LogP contribution in [0.25, 0.3) is 5.65 Å². The van der Waals surface area contributed by atoms with Gasteiger partial charge in [0.2, 0.25) is 0 Å². The lowest BCUT2D eigenvalue weighted by Crippen LogP contribution is -2.41. The quantitative estimate of drug-likeness (QED) is 0.496. The van der Waals surface area contributed by atoms with E-state index in [2.05, 4.69) is 10.3 Å². The lowest BCUT2D eigenvalue weighted by atomic mass is 9.95. The number of carbonyl (C=O) groups excluding carboxylic acids is 2. The first-order valence-electron chi connectivity index (χ1n) is 10.7. The predicted molar refractivity (Wildman–Crippen MR) is 127 cm³/mol. The Labute approximate surface area is 200 Å². The van der Waals surface area contributed by atoms with Crippen LogP contribution in [0.2, 0.25) is 5.02 Å². The molecule has 1 N–H and O–H groups in total. The number of nitrogens with one attached hydrogen (secondary N) is 1. The topological polar surface area (TPSA) is 75.9 Å². The van der Waals surface area contributed by atoms with Crippen molar-refractivity contribution in [2.45, 2.75) is 52.1 Å². The number of amides is 2. The summed E-state index contributed by atoms with van der Waals surface area (Å²) in [5, 5.41) is 3.12. The molecule has 1 saturated heterocycles. The van der Waals surface area contributed by atoms with Crippen molar-refractivity contribution >= 4 is 46.3 Å². The van der Waals surface area contributed by atoms with Crippen molar-refractivity contribution in [1.29, 1.82) is 0 Å². The number of rotatable bonds is 3. The van der Waals surface area contributed by atoms with Gasteiger partial charge in [0.15, 0.2) is 5.65 Å². The SMILES string of the molecule is Cc1cn2cc(NC(=O)c3sc(C4CCN(C(=O)OC(C)(C)C)CC4)cc3F)cc(Cl)c2n1. The first kappa shape index (κ1) is 23.5. The number of halogens is 2. The summed E-state index contributed by atoms with van der Waals surface area (Å²) < 4.78 is 21.8. The maximum atomic E-state index is 14.7. The zero-order chi connectivity index (χ0) is 23.9. The molecule has 0 saturated carbocycles. The second-order valence-corrected chi connectivity index (χ2v) is 10.7. The second-order valence-electron chi connectivity index (χ2n) is 9.21. The number of carbonyl (C=O) groups is 2. The van der Waals surface area contributed by atoms with Crippen LogP contribution in [0.15, 0.2) is 24.5 Å². The number of piperidine rings is 1. The molecular formula is C23H26ClFN4O3S. The van der Waals surface area contributed by atoms with Gasteiger partial charge in [-0.3, -0.25) is 4.79 Å². The molecule has 2 amide bonds. The van der Waals surface area contributed by atoms with Crippen molar-refractivity contribution in [3.05, 3.63) is 50.8 Å². The van der Waals surface area contributed by atoms with Gasteiger partial charge < -0.3 is 19.4 Å². The standard InChI is InChI=1S/C23H26ClFN4O3S/c1-13-11-29-12-15(9-16(24)20(29)26-13)27-21(30)19-17(25)10-18(33-19)14-5-7-28(8-6-14)22(31)32-23(2,3)4/h9-12,14H,5-8H2,1-4H3,(H,27,30). The average molecular weight is 493 g/mol. The Morgan fingerprint density at radius 3 is 2.61 bits per heavy atom. The smallest absolute Gasteiger partial charge is 0.410 e. The lowest BCUT2D eigenvalue weighted by molar-refractivity contribution is 0.0205. The van der Waals surface area contributed by atoms with Crippen molar-refractivity contribution in [2.75, 3.05) is 18.4 Å². The Balaban J connectivity index is 1.42. The Hall–Kier alpha value is -2.65. The molecule has 10 heteroatoms. The third kappa shape index (κ3) is 5.30. The van der Waals surface area contributed by atoms with Crippen LogP contribution in [-0.2, 0) is 4.74 Å². The summed E-state index contributed by atoms with van der Waals surface area (Å²) in [6.07, 6.45) is 4.53. The highest BCUT2D eigenvalue weighted by molar-refractivity contribution is 7.14. The van der Waals surface area contributed by atoms with Crippen molar-refractivity contribution in [2.24, 2.45) is 0 Å². The molecule has 3 aromatic rings. The largest absolute Gasteiger partial charge is 0.444 e. The van der Waals surface area contributed by atoms with E-state index in [9.17, 15) is 14.0 Å². The first-order valence-corrected chi connectivity index (χ1v) is 11.9. The number of thiophene rings is 1. The number of anilines is 1. The number of nitrogens with zero attached hydrogens (tertiary/aromatic N) is 3.